The lowest BCUT2D eigenvalue weighted by molar-refractivity contribution is 0.0921. The number of benzene rings is 3. The zero-order chi connectivity index (χ0) is 26.5. The molecule has 0 radical (unpaired) electrons. The molecule has 9 nitrogen and oxygen atoms in total. The normalized spacial score (nSPS) is 13.9. The summed E-state index contributed by atoms with van der Waals surface area (Å²) in [7, 11) is 2.10. The summed E-state index contributed by atoms with van der Waals surface area (Å²) < 4.78 is 11.8. The number of carbonyl (C=O) groups is 2. The van der Waals surface area contributed by atoms with Crippen LogP contribution in [-0.4, -0.2) is 63.1 Å². The van der Waals surface area contributed by atoms with Crippen LogP contribution in [0.2, 0.25) is 0 Å². The van der Waals surface area contributed by atoms with E-state index in [1.165, 1.54) is 0 Å². The predicted molar refractivity (Wildman–Crippen MR) is 149 cm³/mol. The first kappa shape index (κ1) is 25.2. The van der Waals surface area contributed by atoms with Crippen LogP contribution in [0.4, 0.5) is 17.1 Å². The number of nitrogens with one attached hydrogen (secondary N) is 2. The average molecular weight is 514 g/mol. The number of nitrogens with zero attached hydrogens (tertiary/aromatic N) is 2. The number of amides is 2. The molecule has 4 aromatic rings. The third-order valence-corrected chi connectivity index (χ3v) is 6.58. The number of rotatable bonds is 8. The van der Waals surface area contributed by atoms with E-state index < -0.39 is 0 Å². The van der Waals surface area contributed by atoms with Gasteiger partial charge < -0.3 is 35.3 Å². The van der Waals surface area contributed by atoms with Crippen molar-refractivity contribution >= 4 is 39.8 Å². The summed E-state index contributed by atoms with van der Waals surface area (Å²) in [5.74, 6) is 0.386. The highest BCUT2D eigenvalue weighted by atomic mass is 16.5. The molecule has 38 heavy (non-hydrogen) atoms. The Morgan fingerprint density at radius 2 is 1.63 bits per heavy atom. The Labute approximate surface area is 221 Å². The van der Waals surface area contributed by atoms with E-state index in [1.54, 1.807) is 36.4 Å². The molecule has 1 aliphatic heterocycles. The topological polar surface area (TPSA) is 113 Å². The average Bonchev–Trinajstić information content (AvgIpc) is 3.33. The van der Waals surface area contributed by atoms with Gasteiger partial charge in [0.2, 0.25) is 5.76 Å². The van der Waals surface area contributed by atoms with Crippen molar-refractivity contribution < 1.29 is 18.7 Å². The van der Waals surface area contributed by atoms with Crippen molar-refractivity contribution in [1.29, 1.82) is 0 Å². The van der Waals surface area contributed by atoms with Crippen LogP contribution in [0.15, 0.2) is 77.2 Å². The van der Waals surface area contributed by atoms with Crippen LogP contribution >= 0.6 is 0 Å². The minimum Gasteiger partial charge on any atom is -0.492 e. The molecule has 0 spiro atoms. The Bertz CT molecular complexity index is 1420. The molecule has 1 saturated heterocycles. The Kier molecular flexibility index (Phi) is 7.46. The molecule has 4 N–H and O–H groups in total. The van der Waals surface area contributed by atoms with Gasteiger partial charge in [-0.1, -0.05) is 24.3 Å². The zero-order valence-corrected chi connectivity index (χ0v) is 21.3. The molecular formula is C29H31N5O4. The van der Waals surface area contributed by atoms with E-state index in [-0.39, 0.29) is 18.4 Å². The van der Waals surface area contributed by atoms with Gasteiger partial charge in [0.15, 0.2) is 0 Å². The lowest BCUT2D eigenvalue weighted by atomic mass is 10.1. The van der Waals surface area contributed by atoms with Crippen molar-refractivity contribution in [3.8, 4) is 5.75 Å². The summed E-state index contributed by atoms with van der Waals surface area (Å²) >= 11 is 0. The summed E-state index contributed by atoms with van der Waals surface area (Å²) in [5.41, 5.74) is 8.98. The van der Waals surface area contributed by atoms with E-state index in [9.17, 15) is 9.59 Å². The van der Waals surface area contributed by atoms with Crippen LogP contribution in [0.1, 0.15) is 20.9 Å². The number of hydrogen-bond donors (Lipinski definition) is 3. The second kappa shape index (κ2) is 11.3. The van der Waals surface area contributed by atoms with Crippen molar-refractivity contribution in [2.75, 3.05) is 62.3 Å². The standard InChI is InChI=1S/C29H31N5O4/c1-33-15-17-34(18-16-33)26-22-6-2-5-9-25(22)38-27(26)29(36)31-14-19-37-21-12-10-20(11-13-21)28(35)32-24-8-4-3-7-23(24)30/h2-13H,14-19,30H2,1H3,(H,31,36)(H,32,35). The summed E-state index contributed by atoms with van der Waals surface area (Å²) in [6.45, 7) is 4.08. The first-order valence-electron chi connectivity index (χ1n) is 12.6. The zero-order valence-electron chi connectivity index (χ0n) is 21.3. The highest BCUT2D eigenvalue weighted by molar-refractivity contribution is 6.07. The van der Waals surface area contributed by atoms with Gasteiger partial charge in [-0.25, -0.2) is 0 Å². The van der Waals surface area contributed by atoms with Crippen LogP contribution in [0.25, 0.3) is 11.0 Å². The quantitative estimate of drug-likeness (QED) is 0.242. The van der Waals surface area contributed by atoms with E-state index in [1.807, 2.05) is 36.4 Å². The number of nitrogen functional groups attached to an aromatic ring is 1. The molecule has 2 heterocycles. The van der Waals surface area contributed by atoms with Gasteiger partial charge >= 0.3 is 0 Å². The molecule has 5 rings (SSSR count). The first-order chi connectivity index (χ1) is 18.5. The van der Waals surface area contributed by atoms with Crippen molar-refractivity contribution in [3.63, 3.8) is 0 Å². The van der Waals surface area contributed by atoms with Crippen LogP contribution in [-0.2, 0) is 0 Å². The SMILES string of the molecule is CN1CCN(c2c(C(=O)NCCOc3ccc(C(=O)Nc4ccccc4N)cc3)oc3ccccc23)CC1. The van der Waals surface area contributed by atoms with Gasteiger partial charge in [-0.05, 0) is 55.6 Å². The van der Waals surface area contributed by atoms with Crippen molar-refractivity contribution in [2.45, 2.75) is 0 Å². The van der Waals surface area contributed by atoms with Gasteiger partial charge in [0, 0.05) is 37.1 Å². The maximum atomic E-state index is 13.1. The Hall–Kier alpha value is -4.50. The molecule has 1 aromatic heterocycles. The summed E-state index contributed by atoms with van der Waals surface area (Å²) in [6, 6.07) is 21.6. The molecule has 0 saturated carbocycles. The smallest absolute Gasteiger partial charge is 0.289 e. The molecule has 1 aliphatic rings. The van der Waals surface area contributed by atoms with E-state index in [2.05, 4.69) is 27.5 Å². The molecule has 196 valence electrons. The van der Waals surface area contributed by atoms with E-state index in [4.69, 9.17) is 14.9 Å². The van der Waals surface area contributed by atoms with Gasteiger partial charge in [-0.2, -0.15) is 0 Å². The highest BCUT2D eigenvalue weighted by Gasteiger charge is 2.26. The number of anilines is 3. The van der Waals surface area contributed by atoms with E-state index in [0.717, 1.165) is 37.3 Å². The van der Waals surface area contributed by atoms with Crippen LogP contribution < -0.4 is 26.0 Å². The molecular weight excluding hydrogens is 482 g/mol. The Balaban J connectivity index is 1.16. The number of carbonyl (C=O) groups excluding carboxylic acids is 2. The number of nitrogens with two attached hydrogens (primary N) is 1. The molecule has 9 heteroatoms. The van der Waals surface area contributed by atoms with Crippen LogP contribution in [0.3, 0.4) is 0 Å². The first-order valence-corrected chi connectivity index (χ1v) is 12.6. The van der Waals surface area contributed by atoms with Gasteiger partial charge in [0.05, 0.1) is 23.6 Å². The second-order valence-electron chi connectivity index (χ2n) is 9.24. The van der Waals surface area contributed by atoms with Gasteiger partial charge in [0.1, 0.15) is 17.9 Å². The fourth-order valence-electron chi connectivity index (χ4n) is 4.45. The summed E-state index contributed by atoms with van der Waals surface area (Å²) in [6.07, 6.45) is 0. The van der Waals surface area contributed by atoms with E-state index in [0.29, 0.717) is 40.6 Å². The largest absolute Gasteiger partial charge is 0.492 e. The third kappa shape index (κ3) is 5.57. The minimum atomic E-state index is -0.272. The molecule has 0 bridgehead atoms. The lowest BCUT2D eigenvalue weighted by Gasteiger charge is -2.33. The monoisotopic (exact) mass is 513 g/mol. The predicted octanol–water partition coefficient (Wildman–Crippen LogP) is 3.83. The third-order valence-electron chi connectivity index (χ3n) is 6.58. The van der Waals surface area contributed by atoms with Gasteiger partial charge in [-0.15, -0.1) is 0 Å². The number of piperazine rings is 1. The Morgan fingerprint density at radius 1 is 0.921 bits per heavy atom. The molecule has 2 amide bonds. The number of ether oxygens (including phenoxy) is 1. The fraction of sp³-hybridized carbons (Fsp3) is 0.241. The maximum Gasteiger partial charge on any atom is 0.289 e. The number of hydrogen-bond acceptors (Lipinski definition) is 7. The lowest BCUT2D eigenvalue weighted by Crippen LogP contribution is -2.45. The van der Waals surface area contributed by atoms with Gasteiger partial charge in [-0.3, -0.25) is 9.59 Å². The summed E-state index contributed by atoms with van der Waals surface area (Å²) in [4.78, 5) is 30.1. The highest BCUT2D eigenvalue weighted by Crippen LogP contribution is 2.34. The minimum absolute atomic E-state index is 0.260. The molecule has 0 atom stereocenters. The number of fused-ring (bicyclic) bond motifs is 1. The van der Waals surface area contributed by atoms with E-state index >= 15 is 0 Å². The van der Waals surface area contributed by atoms with Crippen LogP contribution in [0, 0.1) is 0 Å². The molecule has 0 unspecified atom stereocenters. The van der Waals surface area contributed by atoms with Crippen molar-refractivity contribution in [2.24, 2.45) is 0 Å². The molecule has 3 aromatic carbocycles. The summed E-state index contributed by atoms with van der Waals surface area (Å²) in [5, 5.41) is 6.65. The molecule has 0 aliphatic carbocycles. The van der Waals surface area contributed by atoms with Crippen molar-refractivity contribution in [3.05, 3.63) is 84.1 Å². The van der Waals surface area contributed by atoms with Gasteiger partial charge in [0.25, 0.3) is 11.8 Å². The van der Waals surface area contributed by atoms with Crippen molar-refractivity contribution in [1.82, 2.24) is 10.2 Å². The molecule has 1 fully saturated rings. The van der Waals surface area contributed by atoms with Crippen LogP contribution in [0.5, 0.6) is 5.75 Å². The maximum absolute atomic E-state index is 13.1. The fourth-order valence-corrected chi connectivity index (χ4v) is 4.45. The number of furan rings is 1. The Morgan fingerprint density at radius 3 is 2.39 bits per heavy atom. The number of para-hydroxylation sites is 3. The second-order valence-corrected chi connectivity index (χ2v) is 9.24. The number of likely N-dealkylation sites (N-methyl/N-ethyl adjacent to an activating group) is 1.